The minimum absolute atomic E-state index is 0.809. The lowest BCUT2D eigenvalue weighted by molar-refractivity contribution is 0.414. The second kappa shape index (κ2) is 5.65. The van der Waals surface area contributed by atoms with Gasteiger partial charge in [0, 0.05) is 11.9 Å². The second-order valence-electron chi connectivity index (χ2n) is 5.56. The Bertz CT molecular complexity index is 286. The highest BCUT2D eigenvalue weighted by Crippen LogP contribution is 2.37. The minimum atomic E-state index is 0.809. The molecular weight excluding hydrogens is 194 g/mol. The van der Waals surface area contributed by atoms with Gasteiger partial charge in [0.2, 0.25) is 0 Å². The molecule has 0 bridgehead atoms. The first-order valence-electron chi connectivity index (χ1n) is 7.05. The Balaban J connectivity index is 2.17. The lowest BCUT2D eigenvalue weighted by Gasteiger charge is -2.28. The van der Waals surface area contributed by atoms with E-state index in [4.69, 9.17) is 4.99 Å². The van der Waals surface area contributed by atoms with E-state index in [1.54, 1.807) is 5.57 Å². The number of nitrogens with zero attached hydrogens (tertiary/aromatic N) is 1. The van der Waals surface area contributed by atoms with Crippen molar-refractivity contribution in [3.63, 3.8) is 0 Å². The molecule has 2 atom stereocenters. The van der Waals surface area contributed by atoms with Gasteiger partial charge in [0.15, 0.2) is 0 Å². The summed E-state index contributed by atoms with van der Waals surface area (Å²) in [7, 11) is 0. The van der Waals surface area contributed by atoms with Crippen molar-refractivity contribution in [2.75, 3.05) is 0 Å². The molecule has 0 aromatic heterocycles. The van der Waals surface area contributed by atoms with Gasteiger partial charge in [-0.15, -0.1) is 0 Å². The summed E-state index contributed by atoms with van der Waals surface area (Å²) in [6.07, 6.45) is 12.8. The quantitative estimate of drug-likeness (QED) is 0.636. The van der Waals surface area contributed by atoms with Crippen LogP contribution in [0.25, 0.3) is 0 Å². The molecule has 1 aliphatic carbocycles. The van der Waals surface area contributed by atoms with Crippen LogP contribution in [-0.4, -0.2) is 6.21 Å². The van der Waals surface area contributed by atoms with Crippen molar-refractivity contribution in [1.82, 2.24) is 0 Å². The van der Waals surface area contributed by atoms with Crippen LogP contribution in [0.2, 0.25) is 0 Å². The number of allylic oxidation sites excluding steroid dienone is 2. The zero-order valence-electron chi connectivity index (χ0n) is 10.8. The highest BCUT2D eigenvalue weighted by Gasteiger charge is 2.23. The number of rotatable bonds is 2. The standard InChI is InChI=1S/C15H25N/c1-3-6-13-7-4-5-8-14(13)15-11-12(2)9-10-16-15/h10,12-13H,3-9,11H2,1-2H3/b15-14-. The third-order valence-corrected chi connectivity index (χ3v) is 4.05. The molecule has 16 heavy (non-hydrogen) atoms. The molecule has 1 fully saturated rings. The fourth-order valence-corrected chi connectivity index (χ4v) is 3.15. The van der Waals surface area contributed by atoms with Crippen molar-refractivity contribution < 1.29 is 0 Å². The fraction of sp³-hybridized carbons (Fsp3) is 0.800. The molecule has 0 N–H and O–H groups in total. The van der Waals surface area contributed by atoms with Crippen LogP contribution in [0.15, 0.2) is 16.3 Å². The van der Waals surface area contributed by atoms with Crippen LogP contribution in [0, 0.1) is 11.8 Å². The van der Waals surface area contributed by atoms with Crippen LogP contribution >= 0.6 is 0 Å². The highest BCUT2D eigenvalue weighted by molar-refractivity contribution is 5.61. The topological polar surface area (TPSA) is 12.4 Å². The molecule has 0 spiro atoms. The maximum Gasteiger partial charge on any atom is 0.0397 e. The summed E-state index contributed by atoms with van der Waals surface area (Å²) >= 11 is 0. The molecule has 0 amide bonds. The predicted octanol–water partition coefficient (Wildman–Crippen LogP) is 4.73. The molecule has 2 aliphatic rings. The molecule has 2 unspecified atom stereocenters. The van der Waals surface area contributed by atoms with Gasteiger partial charge in [0.25, 0.3) is 0 Å². The maximum absolute atomic E-state index is 4.69. The third-order valence-electron chi connectivity index (χ3n) is 4.05. The van der Waals surface area contributed by atoms with Gasteiger partial charge in [-0.2, -0.15) is 0 Å². The lowest BCUT2D eigenvalue weighted by atomic mass is 9.79. The average Bonchev–Trinajstić information content (AvgIpc) is 2.30. The van der Waals surface area contributed by atoms with Crippen molar-refractivity contribution in [3.05, 3.63) is 11.3 Å². The third kappa shape index (κ3) is 2.75. The van der Waals surface area contributed by atoms with Gasteiger partial charge in [-0.1, -0.05) is 26.7 Å². The molecule has 1 saturated carbocycles. The fourth-order valence-electron chi connectivity index (χ4n) is 3.15. The van der Waals surface area contributed by atoms with E-state index in [0.717, 1.165) is 11.8 Å². The smallest absolute Gasteiger partial charge is 0.0397 e. The Hall–Kier alpha value is -0.590. The number of hydrogen-bond acceptors (Lipinski definition) is 1. The van der Waals surface area contributed by atoms with Gasteiger partial charge in [0.05, 0.1) is 0 Å². The molecule has 1 aliphatic heterocycles. The molecule has 1 heterocycles. The van der Waals surface area contributed by atoms with Crippen LogP contribution in [0.5, 0.6) is 0 Å². The summed E-state index contributed by atoms with van der Waals surface area (Å²) < 4.78 is 0. The zero-order chi connectivity index (χ0) is 11.4. The first-order chi connectivity index (χ1) is 7.81. The lowest BCUT2D eigenvalue weighted by Crippen LogP contribution is -2.14. The van der Waals surface area contributed by atoms with E-state index in [2.05, 4.69) is 20.1 Å². The van der Waals surface area contributed by atoms with Crippen LogP contribution in [-0.2, 0) is 0 Å². The van der Waals surface area contributed by atoms with E-state index in [0.29, 0.717) is 0 Å². The van der Waals surface area contributed by atoms with Crippen molar-refractivity contribution in [1.29, 1.82) is 0 Å². The van der Waals surface area contributed by atoms with Gasteiger partial charge in [0.1, 0.15) is 0 Å². The summed E-state index contributed by atoms with van der Waals surface area (Å²) in [5.41, 5.74) is 3.17. The van der Waals surface area contributed by atoms with Crippen molar-refractivity contribution in [3.8, 4) is 0 Å². The largest absolute Gasteiger partial charge is 0.266 e. The SMILES string of the molecule is CCCC1CCCC/C1=C1\CC(C)CC=N1. The first kappa shape index (κ1) is 11.9. The van der Waals surface area contributed by atoms with Crippen molar-refractivity contribution >= 4 is 6.21 Å². The van der Waals surface area contributed by atoms with E-state index in [1.807, 2.05) is 0 Å². The molecule has 0 aromatic carbocycles. The van der Waals surface area contributed by atoms with E-state index in [1.165, 1.54) is 57.1 Å². The average molecular weight is 219 g/mol. The Labute approximate surface area is 100 Å². The van der Waals surface area contributed by atoms with E-state index in [9.17, 15) is 0 Å². The summed E-state index contributed by atoms with van der Waals surface area (Å²) in [4.78, 5) is 4.69. The summed E-state index contributed by atoms with van der Waals surface area (Å²) in [6, 6.07) is 0. The van der Waals surface area contributed by atoms with E-state index in [-0.39, 0.29) is 0 Å². The maximum atomic E-state index is 4.69. The monoisotopic (exact) mass is 219 g/mol. The molecule has 0 aromatic rings. The van der Waals surface area contributed by atoms with Gasteiger partial charge in [-0.25, -0.2) is 0 Å². The Kier molecular flexibility index (Phi) is 4.20. The van der Waals surface area contributed by atoms with Crippen LogP contribution in [0.1, 0.15) is 65.2 Å². The minimum Gasteiger partial charge on any atom is -0.266 e. The van der Waals surface area contributed by atoms with Crippen molar-refractivity contribution in [2.24, 2.45) is 16.8 Å². The molecule has 90 valence electrons. The Morgan fingerprint density at radius 2 is 2.25 bits per heavy atom. The van der Waals surface area contributed by atoms with Gasteiger partial charge < -0.3 is 0 Å². The normalized spacial score (nSPS) is 35.4. The molecular formula is C15H25N. The number of aliphatic imine (C=N–C) groups is 1. The second-order valence-corrected chi connectivity index (χ2v) is 5.56. The Morgan fingerprint density at radius 3 is 3.00 bits per heavy atom. The molecule has 1 heteroatoms. The van der Waals surface area contributed by atoms with Crippen molar-refractivity contribution in [2.45, 2.75) is 65.2 Å². The summed E-state index contributed by atoms with van der Waals surface area (Å²) in [6.45, 7) is 4.66. The van der Waals surface area contributed by atoms with Gasteiger partial charge in [-0.05, 0) is 55.9 Å². The zero-order valence-corrected chi connectivity index (χ0v) is 10.8. The molecule has 2 rings (SSSR count). The predicted molar refractivity (Wildman–Crippen MR) is 70.8 cm³/mol. The first-order valence-corrected chi connectivity index (χ1v) is 7.05. The van der Waals surface area contributed by atoms with Crippen LogP contribution < -0.4 is 0 Å². The molecule has 1 nitrogen and oxygen atoms in total. The molecule has 0 saturated heterocycles. The highest BCUT2D eigenvalue weighted by atomic mass is 14.8. The van der Waals surface area contributed by atoms with E-state index < -0.39 is 0 Å². The van der Waals surface area contributed by atoms with Gasteiger partial charge >= 0.3 is 0 Å². The number of hydrogen-bond donors (Lipinski definition) is 0. The summed E-state index contributed by atoms with van der Waals surface area (Å²) in [5, 5.41) is 0. The summed E-state index contributed by atoms with van der Waals surface area (Å²) in [5.74, 6) is 1.67. The van der Waals surface area contributed by atoms with Crippen LogP contribution in [0.4, 0.5) is 0 Å². The Morgan fingerprint density at radius 1 is 1.38 bits per heavy atom. The van der Waals surface area contributed by atoms with E-state index >= 15 is 0 Å². The molecule has 0 radical (unpaired) electrons. The van der Waals surface area contributed by atoms with Crippen LogP contribution in [0.3, 0.4) is 0 Å². The van der Waals surface area contributed by atoms with Gasteiger partial charge in [-0.3, -0.25) is 4.99 Å².